The molecule has 2 N–H and O–H groups in total. The molecule has 1 aliphatic rings. The average Bonchev–Trinajstić information content (AvgIpc) is 2.29. The molecule has 0 aliphatic carbocycles. The first-order valence-electron chi connectivity index (χ1n) is 5.22. The molecule has 0 spiro atoms. The van der Waals surface area contributed by atoms with Crippen LogP contribution in [0, 0.1) is 5.82 Å². The minimum absolute atomic E-state index is 0.0977. The first-order chi connectivity index (χ1) is 8.00. The van der Waals surface area contributed by atoms with Gasteiger partial charge in [-0.1, -0.05) is 23.2 Å². The molecule has 1 amide bonds. The summed E-state index contributed by atoms with van der Waals surface area (Å²) in [6.07, 6.45) is 1.47. The van der Waals surface area contributed by atoms with Crippen LogP contribution in [0.1, 0.15) is 12.8 Å². The second kappa shape index (κ2) is 4.80. The molecule has 1 aliphatic heterocycles. The van der Waals surface area contributed by atoms with E-state index in [4.69, 9.17) is 28.9 Å². The van der Waals surface area contributed by atoms with E-state index < -0.39 is 11.9 Å². The summed E-state index contributed by atoms with van der Waals surface area (Å²) in [5.41, 5.74) is 6.17. The Hall–Kier alpha value is -0.840. The number of carbonyl (C=O) groups excluding carboxylic acids is 1. The lowest BCUT2D eigenvalue weighted by Crippen LogP contribution is -2.48. The predicted octanol–water partition coefficient (Wildman–Crippen LogP) is 2.59. The summed E-state index contributed by atoms with van der Waals surface area (Å²) < 4.78 is 13.3. The van der Waals surface area contributed by atoms with Crippen LogP contribution in [0.5, 0.6) is 0 Å². The van der Waals surface area contributed by atoms with Crippen LogP contribution in [-0.2, 0) is 4.79 Å². The van der Waals surface area contributed by atoms with Crippen molar-refractivity contribution in [1.29, 1.82) is 0 Å². The second-order valence-corrected chi connectivity index (χ2v) is 4.78. The van der Waals surface area contributed by atoms with E-state index in [1.54, 1.807) is 0 Å². The lowest BCUT2D eigenvalue weighted by atomic mass is 10.0. The molecule has 0 radical (unpaired) electrons. The molecule has 1 aromatic rings. The number of nitrogens with zero attached hydrogens (tertiary/aromatic N) is 1. The molecule has 1 unspecified atom stereocenters. The zero-order chi connectivity index (χ0) is 12.6. The maximum absolute atomic E-state index is 13.3. The highest BCUT2D eigenvalue weighted by molar-refractivity contribution is 6.35. The van der Waals surface area contributed by atoms with E-state index in [1.807, 2.05) is 0 Å². The van der Waals surface area contributed by atoms with E-state index >= 15 is 0 Å². The Kier molecular flexibility index (Phi) is 3.56. The Bertz CT molecular complexity index is 444. The first kappa shape index (κ1) is 12.6. The number of halogens is 3. The Morgan fingerprint density at radius 1 is 1.35 bits per heavy atom. The van der Waals surface area contributed by atoms with Gasteiger partial charge in [0.2, 0.25) is 5.91 Å². The molecule has 3 nitrogen and oxygen atoms in total. The van der Waals surface area contributed by atoms with Crippen molar-refractivity contribution in [2.75, 3.05) is 11.4 Å². The lowest BCUT2D eigenvalue weighted by Gasteiger charge is -2.30. The van der Waals surface area contributed by atoms with Gasteiger partial charge in [-0.3, -0.25) is 4.79 Å². The fraction of sp³-hybridized carbons (Fsp3) is 0.364. The summed E-state index contributed by atoms with van der Waals surface area (Å²) in [4.78, 5) is 13.3. The van der Waals surface area contributed by atoms with Crippen molar-refractivity contribution in [2.45, 2.75) is 18.9 Å². The molecular weight excluding hydrogens is 266 g/mol. The van der Waals surface area contributed by atoms with E-state index in [-0.39, 0.29) is 16.0 Å². The zero-order valence-corrected chi connectivity index (χ0v) is 10.4. The number of rotatable bonds is 1. The third-order valence-electron chi connectivity index (χ3n) is 2.76. The molecule has 1 fully saturated rings. The average molecular weight is 277 g/mol. The number of benzene rings is 1. The van der Waals surface area contributed by atoms with E-state index in [0.717, 1.165) is 6.42 Å². The Labute approximate surface area is 108 Å². The lowest BCUT2D eigenvalue weighted by molar-refractivity contribution is -0.120. The van der Waals surface area contributed by atoms with Crippen LogP contribution >= 0.6 is 23.2 Å². The molecule has 2 rings (SSSR count). The zero-order valence-electron chi connectivity index (χ0n) is 8.92. The molecule has 6 heteroatoms. The Balaban J connectivity index is 2.37. The minimum atomic E-state index is -0.675. The van der Waals surface area contributed by atoms with Crippen molar-refractivity contribution in [3.8, 4) is 0 Å². The third kappa shape index (κ3) is 2.39. The van der Waals surface area contributed by atoms with E-state index in [9.17, 15) is 9.18 Å². The molecule has 1 heterocycles. The number of hydrogen-bond donors (Lipinski definition) is 1. The van der Waals surface area contributed by atoms with Crippen molar-refractivity contribution >= 4 is 34.8 Å². The van der Waals surface area contributed by atoms with Gasteiger partial charge in [-0.05, 0) is 25.0 Å². The monoisotopic (exact) mass is 276 g/mol. The fourth-order valence-electron chi connectivity index (χ4n) is 1.86. The predicted molar refractivity (Wildman–Crippen MR) is 66.0 cm³/mol. The number of carbonyl (C=O) groups is 1. The largest absolute Gasteiger partial charge is 0.320 e. The van der Waals surface area contributed by atoms with Gasteiger partial charge in [-0.25, -0.2) is 4.39 Å². The summed E-state index contributed by atoms with van der Waals surface area (Å²) in [6, 6.07) is 2.27. The second-order valence-electron chi connectivity index (χ2n) is 3.96. The smallest absolute Gasteiger partial charge is 0.243 e. The minimum Gasteiger partial charge on any atom is -0.320 e. The molecule has 92 valence electrons. The summed E-state index contributed by atoms with van der Waals surface area (Å²) in [7, 11) is 0. The van der Waals surface area contributed by atoms with Crippen LogP contribution in [0.25, 0.3) is 0 Å². The van der Waals surface area contributed by atoms with Crippen LogP contribution in [-0.4, -0.2) is 18.5 Å². The van der Waals surface area contributed by atoms with Gasteiger partial charge in [0.25, 0.3) is 0 Å². The van der Waals surface area contributed by atoms with Gasteiger partial charge in [0.1, 0.15) is 0 Å². The van der Waals surface area contributed by atoms with Gasteiger partial charge >= 0.3 is 0 Å². The Morgan fingerprint density at radius 2 is 1.94 bits per heavy atom. The summed E-state index contributed by atoms with van der Waals surface area (Å²) in [6.45, 7) is 0.546. The molecule has 1 atom stereocenters. The van der Waals surface area contributed by atoms with Gasteiger partial charge in [-0.2, -0.15) is 0 Å². The molecule has 17 heavy (non-hydrogen) atoms. The van der Waals surface area contributed by atoms with Crippen molar-refractivity contribution in [2.24, 2.45) is 5.73 Å². The van der Waals surface area contributed by atoms with Gasteiger partial charge in [0, 0.05) is 12.2 Å². The maximum atomic E-state index is 13.3. The standard InChI is InChI=1S/C11H11Cl2FN2O/c12-7-4-6(5-8(13)10(7)14)16-3-1-2-9(15)11(16)17/h4-5,9H,1-3,15H2. The van der Waals surface area contributed by atoms with Crippen LogP contribution in [0.15, 0.2) is 12.1 Å². The summed E-state index contributed by atoms with van der Waals surface area (Å²) >= 11 is 11.4. The van der Waals surface area contributed by atoms with Gasteiger partial charge in [0.05, 0.1) is 16.1 Å². The number of amides is 1. The van der Waals surface area contributed by atoms with Gasteiger partial charge in [0.15, 0.2) is 5.82 Å². The van der Waals surface area contributed by atoms with E-state index in [2.05, 4.69) is 0 Å². The van der Waals surface area contributed by atoms with E-state index in [1.165, 1.54) is 17.0 Å². The quantitative estimate of drug-likeness (QED) is 0.802. The van der Waals surface area contributed by atoms with Crippen LogP contribution in [0.2, 0.25) is 10.0 Å². The highest BCUT2D eigenvalue weighted by Gasteiger charge is 2.27. The van der Waals surface area contributed by atoms with Crippen molar-refractivity contribution < 1.29 is 9.18 Å². The highest BCUT2D eigenvalue weighted by Crippen LogP contribution is 2.30. The van der Waals surface area contributed by atoms with Crippen LogP contribution in [0.4, 0.5) is 10.1 Å². The molecule has 0 bridgehead atoms. The molecule has 0 aromatic heterocycles. The van der Waals surface area contributed by atoms with E-state index in [0.29, 0.717) is 18.7 Å². The SMILES string of the molecule is NC1CCCN(c2cc(Cl)c(F)c(Cl)c2)C1=O. The first-order valence-corrected chi connectivity index (χ1v) is 5.98. The van der Waals surface area contributed by atoms with Gasteiger partial charge < -0.3 is 10.6 Å². The maximum Gasteiger partial charge on any atom is 0.243 e. The molecule has 1 saturated heterocycles. The van der Waals surface area contributed by atoms with Gasteiger partial charge in [-0.15, -0.1) is 0 Å². The van der Waals surface area contributed by atoms with Crippen LogP contribution in [0.3, 0.4) is 0 Å². The topological polar surface area (TPSA) is 46.3 Å². The number of nitrogens with two attached hydrogens (primary N) is 1. The summed E-state index contributed by atoms with van der Waals surface area (Å²) in [5.74, 6) is -0.860. The van der Waals surface area contributed by atoms with Crippen LogP contribution < -0.4 is 10.6 Å². The van der Waals surface area contributed by atoms with Crippen molar-refractivity contribution in [1.82, 2.24) is 0 Å². The molecule has 1 aromatic carbocycles. The highest BCUT2D eigenvalue weighted by atomic mass is 35.5. The summed E-state index contributed by atoms with van der Waals surface area (Å²) in [5, 5.41) is -0.195. The third-order valence-corrected chi connectivity index (χ3v) is 3.31. The van der Waals surface area contributed by atoms with Crippen molar-refractivity contribution in [3.63, 3.8) is 0 Å². The normalized spacial score (nSPS) is 20.8. The Morgan fingerprint density at radius 3 is 2.53 bits per heavy atom. The number of hydrogen-bond acceptors (Lipinski definition) is 2. The number of piperidine rings is 1. The molecular formula is C11H11Cl2FN2O. The molecule has 0 saturated carbocycles. The fourth-order valence-corrected chi connectivity index (χ4v) is 2.33. The van der Waals surface area contributed by atoms with Crippen molar-refractivity contribution in [3.05, 3.63) is 28.0 Å². The number of anilines is 1.